The maximum atomic E-state index is 10.4. The van der Waals surface area contributed by atoms with Crippen LogP contribution >= 0.6 is 11.3 Å². The number of hydrogen-bond acceptors (Lipinski definition) is 4. The van der Waals surface area contributed by atoms with E-state index in [2.05, 4.69) is 62.4 Å². The Bertz CT molecular complexity index is 1060. The van der Waals surface area contributed by atoms with Crippen LogP contribution in [0.1, 0.15) is 52.5 Å². The predicted molar refractivity (Wildman–Crippen MR) is 121 cm³/mol. The minimum atomic E-state index is -0.794. The highest BCUT2D eigenvalue weighted by atomic mass is 32.1. The van der Waals surface area contributed by atoms with Crippen molar-refractivity contribution in [3.05, 3.63) is 81.2 Å². The van der Waals surface area contributed by atoms with E-state index < -0.39 is 5.79 Å². The third-order valence-electron chi connectivity index (χ3n) is 6.30. The van der Waals surface area contributed by atoms with Gasteiger partial charge < -0.3 is 14.6 Å². The number of aliphatic hydroxyl groups is 1. The Labute approximate surface area is 182 Å². The quantitative estimate of drug-likeness (QED) is 0.576. The molecule has 0 saturated carbocycles. The molecule has 3 nitrogen and oxygen atoms in total. The lowest BCUT2D eigenvalue weighted by Gasteiger charge is -2.39. The molecular formula is C26H28O3S. The second-order valence-corrected chi connectivity index (χ2v) is 9.98. The molecule has 2 aliphatic rings. The number of hydrogen-bond donors (Lipinski definition) is 1. The summed E-state index contributed by atoms with van der Waals surface area (Å²) in [7, 11) is 0. The van der Waals surface area contributed by atoms with E-state index in [-0.39, 0.29) is 12.2 Å². The molecule has 3 heterocycles. The van der Waals surface area contributed by atoms with E-state index in [0.717, 1.165) is 12.0 Å². The Morgan fingerprint density at radius 2 is 1.90 bits per heavy atom. The first-order chi connectivity index (χ1) is 14.4. The maximum Gasteiger partial charge on any atom is 0.198 e. The highest BCUT2D eigenvalue weighted by molar-refractivity contribution is 7.15. The summed E-state index contributed by atoms with van der Waals surface area (Å²) >= 11 is 1.85. The molecule has 0 amide bonds. The largest absolute Gasteiger partial charge is 0.393 e. The molecule has 156 valence electrons. The SMILES string of the molecule is Cc1ccc(-c2ccc(Cc3cc4c(cc3C)CO[C@@]43CC(O)CC(C)O3)s2)cc1. The van der Waals surface area contributed by atoms with Crippen molar-refractivity contribution >= 4 is 11.3 Å². The van der Waals surface area contributed by atoms with Crippen LogP contribution in [0.4, 0.5) is 0 Å². The van der Waals surface area contributed by atoms with E-state index in [1.54, 1.807) is 0 Å². The van der Waals surface area contributed by atoms with Crippen LogP contribution in [-0.4, -0.2) is 17.3 Å². The Hall–Kier alpha value is -1.98. The fourth-order valence-corrected chi connectivity index (χ4v) is 5.78. The zero-order valence-electron chi connectivity index (χ0n) is 17.8. The number of aryl methyl sites for hydroxylation is 2. The lowest BCUT2D eigenvalue weighted by molar-refractivity contribution is -0.295. The minimum Gasteiger partial charge on any atom is -0.393 e. The zero-order chi connectivity index (χ0) is 20.9. The van der Waals surface area contributed by atoms with Gasteiger partial charge in [-0.3, -0.25) is 0 Å². The Kier molecular flexibility index (Phi) is 5.06. The summed E-state index contributed by atoms with van der Waals surface area (Å²) in [6.45, 7) is 6.85. The van der Waals surface area contributed by atoms with Crippen LogP contribution in [0.3, 0.4) is 0 Å². The van der Waals surface area contributed by atoms with Gasteiger partial charge in [0.05, 0.1) is 18.8 Å². The molecule has 1 N–H and O–H groups in total. The van der Waals surface area contributed by atoms with Crippen molar-refractivity contribution in [2.75, 3.05) is 0 Å². The average molecular weight is 421 g/mol. The molecule has 1 saturated heterocycles. The minimum absolute atomic E-state index is 0.0150. The van der Waals surface area contributed by atoms with Gasteiger partial charge in [0.1, 0.15) is 0 Å². The van der Waals surface area contributed by atoms with Crippen LogP contribution < -0.4 is 0 Å². The normalized spacial score (nSPS) is 25.6. The number of aliphatic hydroxyl groups excluding tert-OH is 1. The molecule has 5 rings (SSSR count). The summed E-state index contributed by atoms with van der Waals surface area (Å²) in [5.74, 6) is -0.794. The topological polar surface area (TPSA) is 38.7 Å². The fourth-order valence-electron chi connectivity index (χ4n) is 4.75. The molecule has 3 atom stereocenters. The molecule has 4 heteroatoms. The third-order valence-corrected chi connectivity index (χ3v) is 7.43. The van der Waals surface area contributed by atoms with Gasteiger partial charge in [-0.1, -0.05) is 35.9 Å². The van der Waals surface area contributed by atoms with Crippen molar-refractivity contribution in [2.24, 2.45) is 0 Å². The summed E-state index contributed by atoms with van der Waals surface area (Å²) in [5, 5.41) is 10.4. The number of rotatable bonds is 3. The van der Waals surface area contributed by atoms with Gasteiger partial charge in [0.2, 0.25) is 0 Å². The lowest BCUT2D eigenvalue weighted by Crippen LogP contribution is -2.43. The molecule has 2 aromatic carbocycles. The van der Waals surface area contributed by atoms with Crippen molar-refractivity contribution in [1.82, 2.24) is 0 Å². The second-order valence-electron chi connectivity index (χ2n) is 8.81. The van der Waals surface area contributed by atoms with Gasteiger partial charge >= 0.3 is 0 Å². The molecule has 3 aromatic rings. The monoisotopic (exact) mass is 420 g/mol. The first-order valence-electron chi connectivity index (χ1n) is 10.7. The molecule has 0 bridgehead atoms. The van der Waals surface area contributed by atoms with E-state index in [1.165, 1.54) is 37.6 Å². The van der Waals surface area contributed by atoms with E-state index in [0.29, 0.717) is 19.4 Å². The number of thiophene rings is 1. The molecule has 0 aliphatic carbocycles. The maximum absolute atomic E-state index is 10.4. The third kappa shape index (κ3) is 3.63. The van der Waals surface area contributed by atoms with Gasteiger partial charge in [-0.25, -0.2) is 0 Å². The standard InChI is InChI=1S/C26H28O3S/c1-16-4-6-19(7-5-16)25-9-8-23(30-25)12-20-13-24-21(10-17(20)2)15-28-26(24)14-22(27)11-18(3)29-26/h4-10,13,18,22,27H,11-12,14-15H2,1-3H3/t18?,22?,26-/m1/s1. The van der Waals surface area contributed by atoms with Crippen molar-refractivity contribution in [3.8, 4) is 10.4 Å². The molecule has 1 fully saturated rings. The molecule has 2 aliphatic heterocycles. The average Bonchev–Trinajstić information content (AvgIpc) is 3.28. The number of fused-ring (bicyclic) bond motifs is 2. The Balaban J connectivity index is 1.44. The molecule has 1 spiro atoms. The second kappa shape index (κ2) is 7.61. The van der Waals surface area contributed by atoms with Crippen LogP contribution in [-0.2, 0) is 28.3 Å². The van der Waals surface area contributed by atoms with Crippen molar-refractivity contribution < 1.29 is 14.6 Å². The summed E-state index contributed by atoms with van der Waals surface area (Å²) in [6, 6.07) is 17.7. The van der Waals surface area contributed by atoms with E-state index >= 15 is 0 Å². The predicted octanol–water partition coefficient (Wildman–Crippen LogP) is 5.87. The van der Waals surface area contributed by atoms with Crippen molar-refractivity contribution in [1.29, 1.82) is 0 Å². The van der Waals surface area contributed by atoms with Gasteiger partial charge in [0.15, 0.2) is 5.79 Å². The summed E-state index contributed by atoms with van der Waals surface area (Å²) in [6.07, 6.45) is 1.65. The Morgan fingerprint density at radius 1 is 1.10 bits per heavy atom. The molecular weight excluding hydrogens is 392 g/mol. The highest BCUT2D eigenvalue weighted by Crippen LogP contribution is 2.46. The van der Waals surface area contributed by atoms with E-state index in [1.807, 2.05) is 18.3 Å². The van der Waals surface area contributed by atoms with Gasteiger partial charge in [-0.05, 0) is 67.6 Å². The van der Waals surface area contributed by atoms with Gasteiger partial charge in [0, 0.05) is 28.2 Å². The van der Waals surface area contributed by atoms with Crippen LogP contribution in [0.5, 0.6) is 0 Å². The Morgan fingerprint density at radius 3 is 2.67 bits per heavy atom. The first kappa shape index (κ1) is 20.0. The summed E-state index contributed by atoms with van der Waals surface area (Å²) in [4.78, 5) is 2.65. The van der Waals surface area contributed by atoms with E-state index in [9.17, 15) is 5.11 Å². The lowest BCUT2D eigenvalue weighted by atomic mass is 9.89. The smallest absolute Gasteiger partial charge is 0.198 e. The van der Waals surface area contributed by atoms with Gasteiger partial charge in [0.25, 0.3) is 0 Å². The van der Waals surface area contributed by atoms with Crippen LogP contribution in [0.2, 0.25) is 0 Å². The molecule has 30 heavy (non-hydrogen) atoms. The number of benzene rings is 2. The molecule has 0 radical (unpaired) electrons. The highest BCUT2D eigenvalue weighted by Gasteiger charge is 2.47. The first-order valence-corrected chi connectivity index (χ1v) is 11.5. The van der Waals surface area contributed by atoms with Crippen LogP contribution in [0.15, 0.2) is 48.5 Å². The molecule has 2 unspecified atom stereocenters. The van der Waals surface area contributed by atoms with Crippen LogP contribution in [0, 0.1) is 13.8 Å². The van der Waals surface area contributed by atoms with Crippen LogP contribution in [0.25, 0.3) is 10.4 Å². The van der Waals surface area contributed by atoms with Crippen molar-refractivity contribution in [3.63, 3.8) is 0 Å². The fraction of sp³-hybridized carbons (Fsp3) is 0.385. The summed E-state index contributed by atoms with van der Waals surface area (Å²) < 4.78 is 12.4. The van der Waals surface area contributed by atoms with E-state index in [4.69, 9.17) is 9.47 Å². The van der Waals surface area contributed by atoms with Gasteiger partial charge in [-0.15, -0.1) is 11.3 Å². The zero-order valence-corrected chi connectivity index (χ0v) is 18.6. The van der Waals surface area contributed by atoms with Gasteiger partial charge in [-0.2, -0.15) is 0 Å². The molecule has 1 aromatic heterocycles. The van der Waals surface area contributed by atoms with Crippen molar-refractivity contribution in [2.45, 2.75) is 64.6 Å². The number of ether oxygens (including phenoxy) is 2. The summed E-state index contributed by atoms with van der Waals surface area (Å²) in [5.41, 5.74) is 7.42.